The largest absolute Gasteiger partial charge is 0.389 e. The average molecular weight is 483 g/mol. The zero-order valence-electron chi connectivity index (χ0n) is 19.6. The van der Waals surface area contributed by atoms with Gasteiger partial charge in [-0.15, -0.1) is 0 Å². The fourth-order valence-electron chi connectivity index (χ4n) is 4.93. The lowest BCUT2D eigenvalue weighted by molar-refractivity contribution is 0.0117. The maximum atomic E-state index is 14.8. The molecular weight excluding hydrogens is 453 g/mol. The number of rotatable bonds is 7. The zero-order chi connectivity index (χ0) is 24.5. The van der Waals surface area contributed by atoms with Gasteiger partial charge in [-0.3, -0.25) is 0 Å². The molecule has 1 N–H and O–H groups in total. The highest BCUT2D eigenvalue weighted by atomic mass is 19.2. The molecule has 1 aliphatic carbocycles. The second kappa shape index (κ2) is 10.1. The molecule has 3 nitrogen and oxygen atoms in total. The molecular formula is C29H29F3O3. The Balaban J connectivity index is 1.18. The average Bonchev–Trinajstić information content (AvgIpc) is 3.71. The first kappa shape index (κ1) is 24.0. The number of aliphatic hydroxyl groups excluding tert-OH is 1. The molecule has 1 aliphatic heterocycles. The molecule has 3 aromatic rings. The molecule has 0 amide bonds. The minimum Gasteiger partial charge on any atom is -0.389 e. The highest BCUT2D eigenvalue weighted by Gasteiger charge is 2.28. The molecule has 1 heterocycles. The van der Waals surface area contributed by atoms with Crippen molar-refractivity contribution in [2.45, 2.75) is 63.4 Å². The smallest absolute Gasteiger partial charge is 0.167 e. The van der Waals surface area contributed by atoms with Gasteiger partial charge in [-0.2, -0.15) is 0 Å². The molecule has 0 bridgehead atoms. The molecule has 2 fully saturated rings. The van der Waals surface area contributed by atoms with Crippen LogP contribution in [-0.4, -0.2) is 17.8 Å². The van der Waals surface area contributed by atoms with E-state index in [1.165, 1.54) is 0 Å². The van der Waals surface area contributed by atoms with Crippen LogP contribution >= 0.6 is 0 Å². The van der Waals surface area contributed by atoms with Crippen LogP contribution in [0.3, 0.4) is 0 Å². The van der Waals surface area contributed by atoms with E-state index < -0.39 is 17.7 Å². The Hall–Kier alpha value is -2.67. The van der Waals surface area contributed by atoms with Crippen molar-refractivity contribution in [2.75, 3.05) is 6.61 Å². The number of hydrogen-bond acceptors (Lipinski definition) is 3. The molecule has 0 radical (unpaired) electrons. The van der Waals surface area contributed by atoms with Crippen LogP contribution in [0.15, 0.2) is 54.6 Å². The molecule has 35 heavy (non-hydrogen) atoms. The molecule has 2 atom stereocenters. The summed E-state index contributed by atoms with van der Waals surface area (Å²) in [7, 11) is 0. The third-order valence-electron chi connectivity index (χ3n) is 7.18. The fraction of sp³-hybridized carbons (Fsp3) is 0.379. The number of halogens is 3. The predicted molar refractivity (Wildman–Crippen MR) is 127 cm³/mol. The summed E-state index contributed by atoms with van der Waals surface area (Å²) >= 11 is 0. The number of ether oxygens (including phenoxy) is 2. The van der Waals surface area contributed by atoms with E-state index in [0.29, 0.717) is 17.7 Å². The maximum absolute atomic E-state index is 14.8. The minimum absolute atomic E-state index is 0.0101. The summed E-state index contributed by atoms with van der Waals surface area (Å²) in [5, 5.41) is 9.63. The Morgan fingerprint density at radius 2 is 1.66 bits per heavy atom. The van der Waals surface area contributed by atoms with Crippen molar-refractivity contribution in [3.63, 3.8) is 0 Å². The first-order valence-corrected chi connectivity index (χ1v) is 12.2. The quantitative estimate of drug-likeness (QED) is 0.364. The van der Waals surface area contributed by atoms with Gasteiger partial charge >= 0.3 is 0 Å². The van der Waals surface area contributed by atoms with Crippen molar-refractivity contribution in [1.82, 2.24) is 0 Å². The van der Waals surface area contributed by atoms with Gasteiger partial charge in [0.1, 0.15) is 11.9 Å². The molecule has 0 spiro atoms. The fourth-order valence-corrected chi connectivity index (χ4v) is 4.93. The van der Waals surface area contributed by atoms with Crippen LogP contribution in [0.4, 0.5) is 13.2 Å². The van der Waals surface area contributed by atoms with Gasteiger partial charge in [-0.25, -0.2) is 13.2 Å². The molecule has 3 aromatic carbocycles. The van der Waals surface area contributed by atoms with E-state index in [1.54, 1.807) is 49.4 Å². The normalized spacial score (nSPS) is 22.7. The van der Waals surface area contributed by atoms with E-state index in [9.17, 15) is 18.3 Å². The third-order valence-corrected chi connectivity index (χ3v) is 7.18. The van der Waals surface area contributed by atoms with Gasteiger partial charge in [0.2, 0.25) is 0 Å². The van der Waals surface area contributed by atoms with Gasteiger partial charge in [0.15, 0.2) is 11.6 Å². The summed E-state index contributed by atoms with van der Waals surface area (Å²) in [5.74, 6) is -1.86. The second-order valence-electron chi connectivity index (χ2n) is 9.59. The summed E-state index contributed by atoms with van der Waals surface area (Å²) in [4.78, 5) is 0. The SMILES string of the molecule is CC(O)c1ccc(-c2ccc(COC3CCC(c4ccc(C5CO5)cc4F)CC3)c(F)c2F)cc1. The molecule has 5 rings (SSSR count). The van der Waals surface area contributed by atoms with Crippen LogP contribution in [0.25, 0.3) is 11.1 Å². The van der Waals surface area contributed by atoms with Gasteiger partial charge in [0, 0.05) is 11.1 Å². The summed E-state index contributed by atoms with van der Waals surface area (Å²) in [6.07, 6.45) is 2.42. The number of aliphatic hydroxyl groups is 1. The Labute approximate surface area is 203 Å². The van der Waals surface area contributed by atoms with Gasteiger partial charge < -0.3 is 14.6 Å². The van der Waals surface area contributed by atoms with E-state index in [-0.39, 0.29) is 41.7 Å². The van der Waals surface area contributed by atoms with Crippen molar-refractivity contribution in [2.24, 2.45) is 0 Å². The molecule has 2 unspecified atom stereocenters. The van der Waals surface area contributed by atoms with Crippen molar-refractivity contribution in [3.05, 3.63) is 94.3 Å². The lowest BCUT2D eigenvalue weighted by Crippen LogP contribution is -2.21. The van der Waals surface area contributed by atoms with Gasteiger partial charge in [-0.1, -0.05) is 48.5 Å². The number of epoxide rings is 1. The molecule has 0 aromatic heterocycles. The van der Waals surface area contributed by atoms with E-state index in [1.807, 2.05) is 12.1 Å². The second-order valence-corrected chi connectivity index (χ2v) is 9.59. The van der Waals surface area contributed by atoms with Crippen LogP contribution in [0, 0.1) is 17.5 Å². The van der Waals surface area contributed by atoms with Gasteiger partial charge in [0.25, 0.3) is 0 Å². The van der Waals surface area contributed by atoms with Crippen molar-refractivity contribution in [3.8, 4) is 11.1 Å². The Morgan fingerprint density at radius 3 is 2.29 bits per heavy atom. The highest BCUT2D eigenvalue weighted by Crippen LogP contribution is 2.38. The van der Waals surface area contributed by atoms with Crippen LogP contribution in [0.1, 0.15) is 73.0 Å². The van der Waals surface area contributed by atoms with Gasteiger partial charge in [0.05, 0.1) is 25.4 Å². The van der Waals surface area contributed by atoms with Gasteiger partial charge in [-0.05, 0) is 66.8 Å². The molecule has 2 aliphatic rings. The van der Waals surface area contributed by atoms with Crippen LogP contribution in [-0.2, 0) is 16.1 Å². The van der Waals surface area contributed by atoms with E-state index >= 15 is 0 Å². The summed E-state index contributed by atoms with van der Waals surface area (Å²) in [5.41, 5.74) is 3.23. The van der Waals surface area contributed by atoms with Crippen LogP contribution in [0.5, 0.6) is 0 Å². The van der Waals surface area contributed by atoms with Crippen molar-refractivity contribution in [1.29, 1.82) is 0 Å². The van der Waals surface area contributed by atoms with E-state index in [4.69, 9.17) is 9.47 Å². The lowest BCUT2D eigenvalue weighted by Gasteiger charge is -2.29. The molecule has 1 saturated heterocycles. The van der Waals surface area contributed by atoms with Crippen molar-refractivity contribution < 1.29 is 27.8 Å². The van der Waals surface area contributed by atoms with E-state index in [0.717, 1.165) is 36.8 Å². The van der Waals surface area contributed by atoms with Crippen molar-refractivity contribution >= 4 is 0 Å². The number of hydrogen-bond donors (Lipinski definition) is 1. The maximum Gasteiger partial charge on any atom is 0.167 e. The summed E-state index contributed by atoms with van der Waals surface area (Å²) in [6, 6.07) is 15.3. The van der Waals surface area contributed by atoms with Crippen LogP contribution in [0.2, 0.25) is 0 Å². The zero-order valence-corrected chi connectivity index (χ0v) is 19.6. The minimum atomic E-state index is -0.907. The Morgan fingerprint density at radius 1 is 0.943 bits per heavy atom. The third kappa shape index (κ3) is 5.30. The van der Waals surface area contributed by atoms with Crippen LogP contribution < -0.4 is 0 Å². The monoisotopic (exact) mass is 482 g/mol. The Bertz CT molecular complexity index is 1180. The number of benzene rings is 3. The molecule has 6 heteroatoms. The first-order valence-electron chi connectivity index (χ1n) is 12.2. The molecule has 1 saturated carbocycles. The van der Waals surface area contributed by atoms with E-state index in [2.05, 4.69) is 0 Å². The molecule has 184 valence electrons. The summed E-state index contributed by atoms with van der Waals surface area (Å²) < 4.78 is 55.3. The standard InChI is InChI=1S/C29H29F3O3/c1-17(33)18-2-4-20(5-3-18)25-13-9-22(28(31)29(25)32)15-34-23-10-6-19(7-11-23)24-12-8-21(14-26(24)30)27-16-35-27/h2-5,8-9,12-14,17,19,23,27,33H,6-7,10-11,15-16H2,1H3. The highest BCUT2D eigenvalue weighted by molar-refractivity contribution is 5.65. The lowest BCUT2D eigenvalue weighted by atomic mass is 9.82. The summed E-state index contributed by atoms with van der Waals surface area (Å²) in [6.45, 7) is 2.30. The first-order chi connectivity index (χ1) is 16.9. The Kier molecular flexibility index (Phi) is 6.96. The topological polar surface area (TPSA) is 42.0 Å². The predicted octanol–water partition coefficient (Wildman–Crippen LogP) is 7.14.